The normalized spacial score (nSPS) is 12.3. The standard InChI is InChI=1S/C14H15ClN2O4S2/c1-17(2)23(20,21)14-9-5-12(6-10-14)16-22(18,19)13-7-3-11(15)4-8-13/h3-10,16H,1-2H3. The van der Waals surface area contributed by atoms with Gasteiger partial charge in [0.25, 0.3) is 10.0 Å². The first-order valence-corrected chi connectivity index (χ1v) is 9.74. The first-order valence-electron chi connectivity index (χ1n) is 6.44. The summed E-state index contributed by atoms with van der Waals surface area (Å²) < 4.78 is 51.8. The minimum absolute atomic E-state index is 0.0619. The molecule has 0 aliphatic heterocycles. The lowest BCUT2D eigenvalue weighted by molar-refractivity contribution is 0.521. The average Bonchev–Trinajstić information content (AvgIpc) is 2.47. The summed E-state index contributed by atoms with van der Waals surface area (Å²) in [5.74, 6) is 0. The van der Waals surface area contributed by atoms with Gasteiger partial charge in [0.1, 0.15) is 0 Å². The molecule has 0 saturated carbocycles. The Morgan fingerprint density at radius 3 is 1.78 bits per heavy atom. The molecule has 23 heavy (non-hydrogen) atoms. The molecule has 2 rings (SSSR count). The number of nitrogens with zero attached hydrogens (tertiary/aromatic N) is 1. The second-order valence-corrected chi connectivity index (χ2v) is 9.14. The van der Waals surface area contributed by atoms with Crippen LogP contribution in [0.3, 0.4) is 0 Å². The van der Waals surface area contributed by atoms with E-state index in [-0.39, 0.29) is 15.5 Å². The van der Waals surface area contributed by atoms with Gasteiger partial charge in [0, 0.05) is 24.8 Å². The number of nitrogens with one attached hydrogen (secondary N) is 1. The van der Waals surface area contributed by atoms with Crippen LogP contribution in [0.15, 0.2) is 58.3 Å². The van der Waals surface area contributed by atoms with Crippen molar-refractivity contribution in [2.45, 2.75) is 9.79 Å². The fourth-order valence-corrected chi connectivity index (χ4v) is 3.82. The Bertz CT molecular complexity index is 891. The fraction of sp³-hybridized carbons (Fsp3) is 0.143. The molecule has 2 aromatic carbocycles. The van der Waals surface area contributed by atoms with E-state index in [0.29, 0.717) is 5.02 Å². The maximum Gasteiger partial charge on any atom is 0.261 e. The highest BCUT2D eigenvalue weighted by atomic mass is 35.5. The third-order valence-corrected chi connectivity index (χ3v) is 6.49. The highest BCUT2D eigenvalue weighted by molar-refractivity contribution is 7.92. The van der Waals surface area contributed by atoms with Crippen molar-refractivity contribution >= 4 is 37.3 Å². The zero-order chi connectivity index (χ0) is 17.3. The minimum Gasteiger partial charge on any atom is -0.280 e. The van der Waals surface area contributed by atoms with Crippen molar-refractivity contribution in [2.75, 3.05) is 18.8 Å². The first-order chi connectivity index (χ1) is 10.6. The van der Waals surface area contributed by atoms with Crippen LogP contribution in [0, 0.1) is 0 Å². The van der Waals surface area contributed by atoms with Gasteiger partial charge in [-0.3, -0.25) is 4.72 Å². The van der Waals surface area contributed by atoms with Crippen LogP contribution in [0.2, 0.25) is 5.02 Å². The predicted octanol–water partition coefficient (Wildman–Crippen LogP) is 2.39. The third-order valence-electron chi connectivity index (χ3n) is 3.01. The molecular formula is C14H15ClN2O4S2. The zero-order valence-electron chi connectivity index (χ0n) is 12.4. The van der Waals surface area contributed by atoms with E-state index in [1.807, 2.05) is 0 Å². The topological polar surface area (TPSA) is 83.6 Å². The molecule has 6 nitrogen and oxygen atoms in total. The van der Waals surface area contributed by atoms with E-state index in [1.54, 1.807) is 0 Å². The highest BCUT2D eigenvalue weighted by Gasteiger charge is 2.18. The van der Waals surface area contributed by atoms with Crippen molar-refractivity contribution in [2.24, 2.45) is 0 Å². The fourth-order valence-electron chi connectivity index (χ4n) is 1.73. The van der Waals surface area contributed by atoms with Crippen LogP contribution < -0.4 is 4.72 Å². The molecule has 2 aromatic rings. The number of halogens is 1. The number of rotatable bonds is 5. The van der Waals surface area contributed by atoms with Crippen molar-refractivity contribution in [3.05, 3.63) is 53.6 Å². The number of hydrogen-bond acceptors (Lipinski definition) is 4. The summed E-state index contributed by atoms with van der Waals surface area (Å²) in [6.45, 7) is 0. The smallest absolute Gasteiger partial charge is 0.261 e. The summed E-state index contributed by atoms with van der Waals surface area (Å²) in [4.78, 5) is 0.142. The molecule has 0 aliphatic rings. The Kier molecular flexibility index (Phi) is 5.00. The molecule has 0 atom stereocenters. The van der Waals surface area contributed by atoms with E-state index >= 15 is 0 Å². The minimum atomic E-state index is -3.76. The lowest BCUT2D eigenvalue weighted by atomic mass is 10.3. The highest BCUT2D eigenvalue weighted by Crippen LogP contribution is 2.20. The second kappa shape index (κ2) is 6.48. The van der Waals surface area contributed by atoms with Crippen LogP contribution in [0.4, 0.5) is 5.69 Å². The van der Waals surface area contributed by atoms with E-state index in [2.05, 4.69) is 4.72 Å². The molecule has 0 heterocycles. The molecule has 0 bridgehead atoms. The van der Waals surface area contributed by atoms with Gasteiger partial charge in [-0.05, 0) is 48.5 Å². The molecule has 0 fully saturated rings. The summed E-state index contributed by atoms with van der Waals surface area (Å²) in [5, 5.41) is 0.433. The lowest BCUT2D eigenvalue weighted by Crippen LogP contribution is -2.22. The second-order valence-electron chi connectivity index (χ2n) is 4.87. The van der Waals surface area contributed by atoms with Gasteiger partial charge >= 0.3 is 0 Å². The van der Waals surface area contributed by atoms with Crippen molar-refractivity contribution in [1.82, 2.24) is 4.31 Å². The Hall–Kier alpha value is -1.61. The molecule has 0 spiro atoms. The number of anilines is 1. The average molecular weight is 375 g/mol. The van der Waals surface area contributed by atoms with Crippen LogP contribution >= 0.6 is 11.6 Å². The summed E-state index contributed by atoms with van der Waals surface area (Å²) in [6.07, 6.45) is 0. The summed E-state index contributed by atoms with van der Waals surface area (Å²) in [5.41, 5.74) is 0.262. The van der Waals surface area contributed by atoms with Crippen molar-refractivity contribution in [1.29, 1.82) is 0 Å². The molecule has 0 saturated heterocycles. The maximum atomic E-state index is 12.2. The number of benzene rings is 2. The molecule has 0 aromatic heterocycles. The molecule has 9 heteroatoms. The van der Waals surface area contributed by atoms with Crippen LogP contribution in [0.5, 0.6) is 0 Å². The Morgan fingerprint density at radius 1 is 0.826 bits per heavy atom. The first kappa shape index (κ1) is 17.7. The molecule has 124 valence electrons. The summed E-state index contributed by atoms with van der Waals surface area (Å²) in [7, 11) is -4.47. The Balaban J connectivity index is 2.26. The van der Waals surface area contributed by atoms with Crippen LogP contribution in [-0.4, -0.2) is 35.2 Å². The van der Waals surface area contributed by atoms with Gasteiger partial charge in [-0.1, -0.05) is 11.6 Å². The molecule has 0 unspecified atom stereocenters. The third kappa shape index (κ3) is 4.03. The van der Waals surface area contributed by atoms with E-state index in [0.717, 1.165) is 4.31 Å². The molecular weight excluding hydrogens is 360 g/mol. The van der Waals surface area contributed by atoms with Gasteiger partial charge < -0.3 is 0 Å². The van der Waals surface area contributed by atoms with Crippen LogP contribution in [-0.2, 0) is 20.0 Å². The Labute approximate surface area is 140 Å². The lowest BCUT2D eigenvalue weighted by Gasteiger charge is -2.12. The van der Waals surface area contributed by atoms with E-state index < -0.39 is 20.0 Å². The van der Waals surface area contributed by atoms with Crippen LogP contribution in [0.25, 0.3) is 0 Å². The van der Waals surface area contributed by atoms with Crippen molar-refractivity contribution in [3.8, 4) is 0 Å². The van der Waals surface area contributed by atoms with Gasteiger partial charge in [0.15, 0.2) is 0 Å². The van der Waals surface area contributed by atoms with Gasteiger partial charge in [0.05, 0.1) is 9.79 Å². The summed E-state index contributed by atoms with van der Waals surface area (Å²) >= 11 is 5.73. The van der Waals surface area contributed by atoms with Crippen molar-refractivity contribution in [3.63, 3.8) is 0 Å². The Morgan fingerprint density at radius 2 is 1.30 bits per heavy atom. The monoisotopic (exact) mass is 374 g/mol. The van der Waals surface area contributed by atoms with Crippen LogP contribution in [0.1, 0.15) is 0 Å². The van der Waals surface area contributed by atoms with E-state index in [1.165, 1.54) is 62.6 Å². The number of sulfonamides is 2. The maximum absolute atomic E-state index is 12.2. The zero-order valence-corrected chi connectivity index (χ0v) is 14.8. The van der Waals surface area contributed by atoms with Gasteiger partial charge in [0.2, 0.25) is 10.0 Å². The predicted molar refractivity (Wildman–Crippen MR) is 89.6 cm³/mol. The van der Waals surface area contributed by atoms with Gasteiger partial charge in [-0.2, -0.15) is 0 Å². The number of hydrogen-bond donors (Lipinski definition) is 1. The molecule has 0 amide bonds. The summed E-state index contributed by atoms with van der Waals surface area (Å²) in [6, 6.07) is 11.2. The van der Waals surface area contributed by atoms with E-state index in [9.17, 15) is 16.8 Å². The van der Waals surface area contributed by atoms with Gasteiger partial charge in [-0.25, -0.2) is 21.1 Å². The largest absolute Gasteiger partial charge is 0.280 e. The molecule has 0 aliphatic carbocycles. The molecule has 1 N–H and O–H groups in total. The van der Waals surface area contributed by atoms with Gasteiger partial charge in [-0.15, -0.1) is 0 Å². The van der Waals surface area contributed by atoms with Crippen molar-refractivity contribution < 1.29 is 16.8 Å². The van der Waals surface area contributed by atoms with E-state index in [4.69, 9.17) is 11.6 Å². The SMILES string of the molecule is CN(C)S(=O)(=O)c1ccc(NS(=O)(=O)c2ccc(Cl)cc2)cc1. The molecule has 0 radical (unpaired) electrons. The quantitative estimate of drug-likeness (QED) is 0.870.